The number of aromatic nitrogens is 3. The van der Waals surface area contributed by atoms with Gasteiger partial charge in [-0.25, -0.2) is 9.67 Å². The highest BCUT2D eigenvalue weighted by Gasteiger charge is 2.38. The number of likely N-dealkylation sites (tertiary alicyclic amines) is 1. The average Bonchev–Trinajstić information content (AvgIpc) is 3.37. The number of anilines is 1. The van der Waals surface area contributed by atoms with Crippen molar-refractivity contribution in [2.24, 2.45) is 5.92 Å². The number of carbonyl (C=O) groups is 2. The Morgan fingerprint density at radius 3 is 2.80 bits per heavy atom. The van der Waals surface area contributed by atoms with Gasteiger partial charge >= 0.3 is 0 Å². The van der Waals surface area contributed by atoms with Gasteiger partial charge in [0.05, 0.1) is 11.6 Å². The molecule has 2 aliphatic rings. The summed E-state index contributed by atoms with van der Waals surface area (Å²) in [6.45, 7) is 0.521. The SMILES string of the molecule is O=C(Nc1cccnc1-n1cccn1)C1CC(=O)N(C2CCCC2)C1. The summed E-state index contributed by atoms with van der Waals surface area (Å²) in [4.78, 5) is 31.2. The van der Waals surface area contributed by atoms with Gasteiger partial charge in [-0.2, -0.15) is 5.10 Å². The minimum absolute atomic E-state index is 0.102. The maximum atomic E-state index is 12.7. The van der Waals surface area contributed by atoms with Gasteiger partial charge in [0, 0.05) is 37.6 Å². The zero-order chi connectivity index (χ0) is 17.2. The first-order chi connectivity index (χ1) is 12.2. The van der Waals surface area contributed by atoms with E-state index in [4.69, 9.17) is 0 Å². The molecular formula is C18H21N5O2. The summed E-state index contributed by atoms with van der Waals surface area (Å²) in [7, 11) is 0. The quantitative estimate of drug-likeness (QED) is 0.924. The lowest BCUT2D eigenvalue weighted by molar-refractivity contribution is -0.129. The van der Waals surface area contributed by atoms with Crippen molar-refractivity contribution < 1.29 is 9.59 Å². The van der Waals surface area contributed by atoms with Crippen molar-refractivity contribution >= 4 is 17.5 Å². The summed E-state index contributed by atoms with van der Waals surface area (Å²) >= 11 is 0. The van der Waals surface area contributed by atoms with Crippen molar-refractivity contribution in [2.45, 2.75) is 38.1 Å². The van der Waals surface area contributed by atoms with E-state index in [0.717, 1.165) is 12.8 Å². The van der Waals surface area contributed by atoms with Crippen LogP contribution in [0.2, 0.25) is 0 Å². The molecular weight excluding hydrogens is 318 g/mol. The van der Waals surface area contributed by atoms with Crippen LogP contribution in [0.25, 0.3) is 5.82 Å². The highest BCUT2D eigenvalue weighted by molar-refractivity contribution is 5.98. The summed E-state index contributed by atoms with van der Waals surface area (Å²) in [5, 5.41) is 7.10. The summed E-state index contributed by atoms with van der Waals surface area (Å²) in [5.41, 5.74) is 0.600. The third-order valence-electron chi connectivity index (χ3n) is 5.06. The molecule has 1 N–H and O–H groups in total. The molecule has 1 saturated heterocycles. The molecule has 0 spiro atoms. The van der Waals surface area contributed by atoms with E-state index < -0.39 is 0 Å². The largest absolute Gasteiger partial charge is 0.339 e. The molecule has 7 heteroatoms. The second kappa shape index (κ2) is 6.66. The highest BCUT2D eigenvalue weighted by atomic mass is 16.2. The first-order valence-electron chi connectivity index (χ1n) is 8.78. The number of carbonyl (C=O) groups excluding carboxylic acids is 2. The molecule has 1 unspecified atom stereocenters. The standard InChI is InChI=1S/C18H21N5O2/c24-16-11-13(12-22(16)14-5-1-2-6-14)18(25)21-15-7-3-8-19-17(15)23-10-4-9-20-23/h3-4,7-10,13-14H,1-2,5-6,11-12H2,(H,21,25). The van der Waals surface area contributed by atoms with Crippen LogP contribution >= 0.6 is 0 Å². The van der Waals surface area contributed by atoms with E-state index in [0.29, 0.717) is 30.5 Å². The van der Waals surface area contributed by atoms with Gasteiger partial charge in [0.25, 0.3) is 0 Å². The maximum absolute atomic E-state index is 12.7. The van der Waals surface area contributed by atoms with Crippen molar-refractivity contribution in [3.63, 3.8) is 0 Å². The summed E-state index contributed by atoms with van der Waals surface area (Å²) in [5.74, 6) is 0.234. The number of nitrogens with one attached hydrogen (secondary N) is 1. The Hall–Kier alpha value is -2.70. The number of hydrogen-bond donors (Lipinski definition) is 1. The minimum Gasteiger partial charge on any atom is -0.339 e. The Bertz CT molecular complexity index is 768. The van der Waals surface area contributed by atoms with E-state index in [2.05, 4.69) is 15.4 Å². The highest BCUT2D eigenvalue weighted by Crippen LogP contribution is 2.30. The van der Waals surface area contributed by atoms with Gasteiger partial charge in [0.15, 0.2) is 5.82 Å². The van der Waals surface area contributed by atoms with E-state index in [1.807, 2.05) is 4.90 Å². The topological polar surface area (TPSA) is 80.1 Å². The minimum atomic E-state index is -0.307. The van der Waals surface area contributed by atoms with Crippen LogP contribution in [0.15, 0.2) is 36.8 Å². The molecule has 2 amide bonds. The Morgan fingerprint density at radius 2 is 2.04 bits per heavy atom. The molecule has 25 heavy (non-hydrogen) atoms. The van der Waals surface area contributed by atoms with E-state index in [1.165, 1.54) is 12.8 Å². The van der Waals surface area contributed by atoms with E-state index in [-0.39, 0.29) is 17.7 Å². The van der Waals surface area contributed by atoms with Gasteiger partial charge in [0.2, 0.25) is 11.8 Å². The van der Waals surface area contributed by atoms with Gasteiger partial charge in [-0.15, -0.1) is 0 Å². The number of amides is 2. The zero-order valence-electron chi connectivity index (χ0n) is 14.0. The van der Waals surface area contributed by atoms with Gasteiger partial charge in [-0.05, 0) is 31.0 Å². The molecule has 0 aromatic carbocycles. The number of rotatable bonds is 4. The van der Waals surface area contributed by atoms with E-state index in [1.54, 1.807) is 41.5 Å². The Kier molecular flexibility index (Phi) is 4.21. The molecule has 1 atom stereocenters. The lowest BCUT2D eigenvalue weighted by atomic mass is 10.1. The normalized spacial score (nSPS) is 21.0. The van der Waals surface area contributed by atoms with Crippen LogP contribution < -0.4 is 5.32 Å². The summed E-state index contributed by atoms with van der Waals surface area (Å²) < 4.78 is 1.61. The fraction of sp³-hybridized carbons (Fsp3) is 0.444. The van der Waals surface area contributed by atoms with Gasteiger partial charge in [0.1, 0.15) is 0 Å². The molecule has 1 aliphatic carbocycles. The van der Waals surface area contributed by atoms with Crippen LogP contribution in [0.1, 0.15) is 32.1 Å². The van der Waals surface area contributed by atoms with Crippen LogP contribution in [0.5, 0.6) is 0 Å². The second-order valence-corrected chi connectivity index (χ2v) is 6.70. The third-order valence-corrected chi connectivity index (χ3v) is 5.06. The molecule has 0 bridgehead atoms. The van der Waals surface area contributed by atoms with Gasteiger partial charge in [-0.3, -0.25) is 9.59 Å². The molecule has 2 aromatic rings. The third kappa shape index (κ3) is 3.14. The van der Waals surface area contributed by atoms with Crippen molar-refractivity contribution in [2.75, 3.05) is 11.9 Å². The Labute approximate surface area is 146 Å². The van der Waals surface area contributed by atoms with Crippen molar-refractivity contribution in [3.8, 4) is 5.82 Å². The Morgan fingerprint density at radius 1 is 1.20 bits per heavy atom. The molecule has 1 aliphatic heterocycles. The molecule has 2 aromatic heterocycles. The van der Waals surface area contributed by atoms with Crippen molar-refractivity contribution in [1.82, 2.24) is 19.7 Å². The lowest BCUT2D eigenvalue weighted by Gasteiger charge is -2.23. The first kappa shape index (κ1) is 15.8. The van der Waals surface area contributed by atoms with Gasteiger partial charge in [-0.1, -0.05) is 12.8 Å². The summed E-state index contributed by atoms with van der Waals surface area (Å²) in [6.07, 6.45) is 9.86. The van der Waals surface area contributed by atoms with Crippen molar-refractivity contribution in [3.05, 3.63) is 36.8 Å². The van der Waals surface area contributed by atoms with E-state index in [9.17, 15) is 9.59 Å². The van der Waals surface area contributed by atoms with Crippen LogP contribution in [0.4, 0.5) is 5.69 Å². The van der Waals surface area contributed by atoms with Crippen LogP contribution in [0, 0.1) is 5.92 Å². The predicted molar refractivity (Wildman–Crippen MR) is 92.1 cm³/mol. The first-order valence-corrected chi connectivity index (χ1v) is 8.78. The molecule has 2 fully saturated rings. The van der Waals surface area contributed by atoms with Gasteiger partial charge < -0.3 is 10.2 Å². The second-order valence-electron chi connectivity index (χ2n) is 6.70. The molecule has 0 radical (unpaired) electrons. The average molecular weight is 339 g/mol. The molecule has 1 saturated carbocycles. The number of nitrogens with zero attached hydrogens (tertiary/aromatic N) is 4. The molecule has 7 nitrogen and oxygen atoms in total. The fourth-order valence-corrected chi connectivity index (χ4v) is 3.78. The van der Waals surface area contributed by atoms with Crippen molar-refractivity contribution in [1.29, 1.82) is 0 Å². The number of pyridine rings is 1. The van der Waals surface area contributed by atoms with Crippen LogP contribution in [-0.2, 0) is 9.59 Å². The summed E-state index contributed by atoms with van der Waals surface area (Å²) in [6, 6.07) is 5.69. The monoisotopic (exact) mass is 339 g/mol. The maximum Gasteiger partial charge on any atom is 0.229 e. The fourth-order valence-electron chi connectivity index (χ4n) is 3.78. The Balaban J connectivity index is 1.47. The van der Waals surface area contributed by atoms with Crippen LogP contribution in [-0.4, -0.2) is 44.1 Å². The zero-order valence-corrected chi connectivity index (χ0v) is 14.0. The van der Waals surface area contributed by atoms with Crippen LogP contribution in [0.3, 0.4) is 0 Å². The predicted octanol–water partition coefficient (Wildman–Crippen LogP) is 2.00. The van der Waals surface area contributed by atoms with E-state index >= 15 is 0 Å². The molecule has 4 rings (SSSR count). The smallest absolute Gasteiger partial charge is 0.229 e. The molecule has 130 valence electrons. The number of hydrogen-bond acceptors (Lipinski definition) is 4. The molecule has 3 heterocycles. The lowest BCUT2D eigenvalue weighted by Crippen LogP contribution is -2.35.